The Hall–Kier alpha value is -3.22. The summed E-state index contributed by atoms with van der Waals surface area (Å²) in [5.41, 5.74) is 0.797. The Morgan fingerprint density at radius 3 is 2.31 bits per heavy atom. The van der Waals surface area contributed by atoms with Crippen LogP contribution in [-0.4, -0.2) is 38.3 Å². The van der Waals surface area contributed by atoms with E-state index in [0.29, 0.717) is 42.8 Å². The molecule has 2 rings (SSSR count). The monoisotopic (exact) mass is 401 g/mol. The van der Waals surface area contributed by atoms with Crippen LogP contribution in [0.1, 0.15) is 37.6 Å². The third-order valence-corrected chi connectivity index (χ3v) is 3.74. The number of carbonyl (C=O) groups is 2. The first-order chi connectivity index (χ1) is 14.1. The molecule has 0 aromatic heterocycles. The first kappa shape index (κ1) is 22.1. The number of hydrogen-bond donors (Lipinski definition) is 1. The third kappa shape index (κ3) is 6.71. The summed E-state index contributed by atoms with van der Waals surface area (Å²) in [7, 11) is 0. The van der Waals surface area contributed by atoms with E-state index < -0.39 is 18.5 Å². The lowest BCUT2D eigenvalue weighted by atomic mass is 10.2. The summed E-state index contributed by atoms with van der Waals surface area (Å²) in [6, 6.07) is 11.9. The quantitative estimate of drug-likeness (QED) is 0.572. The van der Waals surface area contributed by atoms with Crippen LogP contribution in [0.4, 0.5) is 5.69 Å². The van der Waals surface area contributed by atoms with Gasteiger partial charge in [0.15, 0.2) is 18.1 Å². The van der Waals surface area contributed by atoms with E-state index in [-0.39, 0.29) is 5.56 Å². The second-order valence-electron chi connectivity index (χ2n) is 6.00. The number of nitrogens with one attached hydrogen (secondary N) is 1. The minimum Gasteiger partial charge on any atom is -0.492 e. The van der Waals surface area contributed by atoms with Crippen LogP contribution in [0.15, 0.2) is 42.5 Å². The van der Waals surface area contributed by atoms with Gasteiger partial charge in [-0.05, 0) is 50.6 Å². The van der Waals surface area contributed by atoms with Gasteiger partial charge in [-0.15, -0.1) is 0 Å². The Bertz CT molecular complexity index is 821. The van der Waals surface area contributed by atoms with Crippen LogP contribution in [0, 0.1) is 0 Å². The van der Waals surface area contributed by atoms with Crippen molar-refractivity contribution in [1.29, 1.82) is 0 Å². The molecule has 0 radical (unpaired) electrons. The van der Waals surface area contributed by atoms with Crippen molar-refractivity contribution in [1.82, 2.24) is 0 Å². The number of para-hydroxylation sites is 2. The van der Waals surface area contributed by atoms with Gasteiger partial charge in [-0.3, -0.25) is 4.79 Å². The fourth-order valence-corrected chi connectivity index (χ4v) is 2.49. The highest BCUT2D eigenvalue weighted by atomic mass is 16.5. The number of carbonyl (C=O) groups excluding carboxylic acids is 2. The Morgan fingerprint density at radius 1 is 0.862 bits per heavy atom. The van der Waals surface area contributed by atoms with E-state index in [2.05, 4.69) is 5.32 Å². The molecule has 156 valence electrons. The van der Waals surface area contributed by atoms with E-state index in [0.717, 1.165) is 6.42 Å². The van der Waals surface area contributed by atoms with E-state index in [9.17, 15) is 9.59 Å². The minimum atomic E-state index is -0.624. The van der Waals surface area contributed by atoms with Gasteiger partial charge < -0.3 is 24.3 Å². The normalized spacial score (nSPS) is 10.2. The summed E-state index contributed by atoms with van der Waals surface area (Å²) in [6.45, 7) is 6.74. The number of anilines is 1. The molecule has 1 N–H and O–H groups in total. The van der Waals surface area contributed by atoms with Crippen molar-refractivity contribution in [2.24, 2.45) is 0 Å². The molecule has 0 atom stereocenters. The average Bonchev–Trinajstić information content (AvgIpc) is 2.73. The predicted molar refractivity (Wildman–Crippen MR) is 110 cm³/mol. The largest absolute Gasteiger partial charge is 0.492 e. The van der Waals surface area contributed by atoms with E-state index >= 15 is 0 Å². The van der Waals surface area contributed by atoms with Crippen molar-refractivity contribution in [3.05, 3.63) is 48.0 Å². The molecule has 0 aliphatic heterocycles. The van der Waals surface area contributed by atoms with Crippen LogP contribution in [-0.2, 0) is 9.53 Å². The molecule has 0 spiro atoms. The van der Waals surface area contributed by atoms with Crippen LogP contribution < -0.4 is 19.5 Å². The van der Waals surface area contributed by atoms with Crippen molar-refractivity contribution < 1.29 is 28.5 Å². The molecule has 2 aromatic carbocycles. The summed E-state index contributed by atoms with van der Waals surface area (Å²) in [5, 5.41) is 2.68. The highest BCUT2D eigenvalue weighted by Crippen LogP contribution is 2.29. The highest BCUT2D eigenvalue weighted by Gasteiger charge is 2.15. The fraction of sp³-hybridized carbons (Fsp3) is 0.364. The van der Waals surface area contributed by atoms with Crippen LogP contribution >= 0.6 is 0 Å². The molecule has 0 bridgehead atoms. The van der Waals surface area contributed by atoms with E-state index in [1.165, 1.54) is 0 Å². The van der Waals surface area contributed by atoms with Crippen LogP contribution in [0.25, 0.3) is 0 Å². The van der Waals surface area contributed by atoms with Crippen molar-refractivity contribution in [2.75, 3.05) is 31.7 Å². The topological polar surface area (TPSA) is 83.1 Å². The smallest absolute Gasteiger partial charge is 0.338 e. The summed E-state index contributed by atoms with van der Waals surface area (Å²) in [4.78, 5) is 24.5. The summed E-state index contributed by atoms with van der Waals surface area (Å²) >= 11 is 0. The fourth-order valence-electron chi connectivity index (χ4n) is 2.49. The zero-order chi connectivity index (χ0) is 21.1. The Labute approximate surface area is 170 Å². The number of benzene rings is 2. The van der Waals surface area contributed by atoms with Gasteiger partial charge in [-0.1, -0.05) is 19.1 Å². The van der Waals surface area contributed by atoms with Gasteiger partial charge in [-0.25, -0.2) is 4.79 Å². The molecule has 0 saturated heterocycles. The van der Waals surface area contributed by atoms with Crippen molar-refractivity contribution >= 4 is 17.6 Å². The minimum absolute atomic E-state index is 0.278. The molecular formula is C22H27NO6. The van der Waals surface area contributed by atoms with Crippen LogP contribution in [0.2, 0.25) is 0 Å². The Morgan fingerprint density at radius 2 is 1.59 bits per heavy atom. The molecule has 29 heavy (non-hydrogen) atoms. The number of rotatable bonds is 11. The molecule has 2 aromatic rings. The van der Waals surface area contributed by atoms with Gasteiger partial charge in [0.1, 0.15) is 5.75 Å². The maximum absolute atomic E-state index is 12.3. The second-order valence-corrected chi connectivity index (χ2v) is 6.00. The number of ether oxygens (including phenoxy) is 4. The third-order valence-electron chi connectivity index (χ3n) is 3.74. The van der Waals surface area contributed by atoms with Gasteiger partial charge >= 0.3 is 5.97 Å². The average molecular weight is 401 g/mol. The lowest BCUT2D eigenvalue weighted by Crippen LogP contribution is -2.21. The van der Waals surface area contributed by atoms with Gasteiger partial charge in [0, 0.05) is 0 Å². The molecule has 0 unspecified atom stereocenters. The van der Waals surface area contributed by atoms with Crippen LogP contribution in [0.3, 0.4) is 0 Å². The number of esters is 1. The lowest BCUT2D eigenvalue weighted by molar-refractivity contribution is -0.119. The van der Waals surface area contributed by atoms with Crippen molar-refractivity contribution in [3.8, 4) is 17.2 Å². The van der Waals surface area contributed by atoms with Gasteiger partial charge in [0.2, 0.25) is 0 Å². The Balaban J connectivity index is 1.97. The molecule has 7 nitrogen and oxygen atoms in total. The Kier molecular flexibility index (Phi) is 8.82. The first-order valence-corrected chi connectivity index (χ1v) is 9.67. The zero-order valence-corrected chi connectivity index (χ0v) is 17.0. The standard InChI is InChI=1S/C22H27NO6/c1-4-13-28-19-12-11-16(14-20(19)27-6-3)22(25)29-15-21(24)23-17-9-7-8-10-18(17)26-5-2/h7-12,14H,4-6,13,15H2,1-3H3,(H,23,24). The molecule has 7 heteroatoms. The maximum Gasteiger partial charge on any atom is 0.338 e. The molecule has 0 saturated carbocycles. The van der Waals surface area contributed by atoms with Gasteiger partial charge in [-0.2, -0.15) is 0 Å². The van der Waals surface area contributed by atoms with Gasteiger partial charge in [0.25, 0.3) is 5.91 Å². The number of hydrogen-bond acceptors (Lipinski definition) is 6. The van der Waals surface area contributed by atoms with E-state index in [1.54, 1.807) is 36.4 Å². The van der Waals surface area contributed by atoms with Crippen molar-refractivity contribution in [2.45, 2.75) is 27.2 Å². The molecule has 1 amide bonds. The molecule has 0 heterocycles. The number of amides is 1. The van der Waals surface area contributed by atoms with Crippen LogP contribution in [0.5, 0.6) is 17.2 Å². The lowest BCUT2D eigenvalue weighted by Gasteiger charge is -2.13. The summed E-state index contributed by atoms with van der Waals surface area (Å²) < 4.78 is 21.7. The molecule has 0 fully saturated rings. The first-order valence-electron chi connectivity index (χ1n) is 9.67. The SMILES string of the molecule is CCCOc1ccc(C(=O)OCC(=O)Nc2ccccc2OCC)cc1OCC. The van der Waals surface area contributed by atoms with Gasteiger partial charge in [0.05, 0.1) is 31.1 Å². The highest BCUT2D eigenvalue weighted by molar-refractivity contribution is 5.96. The van der Waals surface area contributed by atoms with Crippen molar-refractivity contribution in [3.63, 3.8) is 0 Å². The summed E-state index contributed by atoms with van der Waals surface area (Å²) in [5.74, 6) is 0.499. The predicted octanol–water partition coefficient (Wildman–Crippen LogP) is 4.07. The summed E-state index contributed by atoms with van der Waals surface area (Å²) in [6.07, 6.45) is 0.858. The molecular weight excluding hydrogens is 374 g/mol. The van der Waals surface area contributed by atoms with E-state index in [1.807, 2.05) is 26.8 Å². The zero-order valence-electron chi connectivity index (χ0n) is 17.0. The maximum atomic E-state index is 12.3. The molecule has 0 aliphatic carbocycles. The second kappa shape index (κ2) is 11.6. The van der Waals surface area contributed by atoms with E-state index in [4.69, 9.17) is 18.9 Å². The molecule has 0 aliphatic rings.